The van der Waals surface area contributed by atoms with Crippen molar-refractivity contribution in [1.29, 1.82) is 0 Å². The third kappa shape index (κ3) is 5.49. The number of likely N-dealkylation sites (N-methyl/N-ethyl adjacent to an activating group) is 1. The van der Waals surface area contributed by atoms with Crippen LogP contribution in [0, 0.1) is 0 Å². The molecule has 2 N–H and O–H groups in total. The molecular formula is C27H21Cl2N3O3S2. The van der Waals surface area contributed by atoms with Crippen LogP contribution in [0.15, 0.2) is 59.4 Å². The highest BCUT2D eigenvalue weighted by Crippen LogP contribution is 2.42. The Morgan fingerprint density at radius 3 is 2.51 bits per heavy atom. The van der Waals surface area contributed by atoms with E-state index < -0.39 is 5.97 Å². The summed E-state index contributed by atoms with van der Waals surface area (Å²) >= 11 is 15.3. The summed E-state index contributed by atoms with van der Waals surface area (Å²) in [6, 6.07) is 14.7. The van der Waals surface area contributed by atoms with Gasteiger partial charge in [-0.25, -0.2) is 9.78 Å². The number of hydrogen-bond acceptors (Lipinski definition) is 6. The second-order valence-electron chi connectivity index (χ2n) is 8.63. The molecule has 1 aliphatic heterocycles. The van der Waals surface area contributed by atoms with Gasteiger partial charge in [-0.3, -0.25) is 4.79 Å². The molecule has 10 heteroatoms. The molecular weight excluding hydrogens is 549 g/mol. The van der Waals surface area contributed by atoms with E-state index in [4.69, 9.17) is 23.2 Å². The van der Waals surface area contributed by atoms with Crippen molar-refractivity contribution in [1.82, 2.24) is 9.88 Å². The van der Waals surface area contributed by atoms with Gasteiger partial charge in [-0.2, -0.15) is 0 Å². The van der Waals surface area contributed by atoms with E-state index in [1.807, 2.05) is 31.3 Å². The van der Waals surface area contributed by atoms with Gasteiger partial charge in [-0.1, -0.05) is 41.4 Å². The Hall–Kier alpha value is -3.01. The molecule has 0 bridgehead atoms. The van der Waals surface area contributed by atoms with Gasteiger partial charge in [-0.15, -0.1) is 22.7 Å². The molecule has 37 heavy (non-hydrogen) atoms. The molecule has 3 heterocycles. The molecule has 0 fully saturated rings. The maximum absolute atomic E-state index is 12.3. The highest BCUT2D eigenvalue weighted by Gasteiger charge is 2.26. The fraction of sp³-hybridized carbons (Fsp3) is 0.148. The summed E-state index contributed by atoms with van der Waals surface area (Å²) in [7, 11) is 2.03. The van der Waals surface area contributed by atoms with Crippen LogP contribution < -0.4 is 5.32 Å². The largest absolute Gasteiger partial charge is 0.477 e. The number of nitrogens with one attached hydrogen (secondary N) is 1. The Morgan fingerprint density at radius 2 is 1.84 bits per heavy atom. The van der Waals surface area contributed by atoms with E-state index in [0.29, 0.717) is 40.0 Å². The quantitative estimate of drug-likeness (QED) is 0.253. The number of carboxylic acid groups (broad SMARTS) is 1. The van der Waals surface area contributed by atoms with Crippen molar-refractivity contribution < 1.29 is 14.7 Å². The number of benzene rings is 2. The second-order valence-corrected chi connectivity index (χ2v) is 11.2. The summed E-state index contributed by atoms with van der Waals surface area (Å²) in [6.45, 7) is 1.45. The first-order valence-electron chi connectivity index (χ1n) is 11.3. The number of nitrogens with zero attached hydrogens (tertiary/aromatic N) is 2. The summed E-state index contributed by atoms with van der Waals surface area (Å²) < 4.78 is 0. The summed E-state index contributed by atoms with van der Waals surface area (Å²) in [5, 5.41) is 15.7. The molecule has 0 saturated carbocycles. The van der Waals surface area contributed by atoms with Gasteiger partial charge < -0.3 is 15.3 Å². The van der Waals surface area contributed by atoms with Crippen LogP contribution in [0.3, 0.4) is 0 Å². The van der Waals surface area contributed by atoms with Crippen LogP contribution in [0.5, 0.6) is 0 Å². The van der Waals surface area contributed by atoms with Crippen molar-refractivity contribution in [2.45, 2.75) is 6.42 Å². The maximum Gasteiger partial charge on any atom is 0.346 e. The minimum Gasteiger partial charge on any atom is -0.477 e. The van der Waals surface area contributed by atoms with E-state index in [1.54, 1.807) is 35.2 Å². The minimum absolute atomic E-state index is 0.275. The van der Waals surface area contributed by atoms with Crippen LogP contribution in [0.2, 0.25) is 10.0 Å². The molecule has 188 valence electrons. The number of aromatic nitrogens is 1. The molecule has 2 aromatic heterocycles. The third-order valence-electron chi connectivity index (χ3n) is 6.14. The Bertz CT molecular complexity index is 1510. The number of hydrogen-bond donors (Lipinski definition) is 2. The van der Waals surface area contributed by atoms with Crippen LogP contribution in [-0.4, -0.2) is 47.0 Å². The van der Waals surface area contributed by atoms with Gasteiger partial charge in [0.25, 0.3) is 5.91 Å². The molecule has 0 aliphatic carbocycles. The number of carbonyl (C=O) groups is 2. The summed E-state index contributed by atoms with van der Waals surface area (Å²) in [5.41, 5.74) is 7.03. The number of halogens is 2. The van der Waals surface area contributed by atoms with Crippen LogP contribution >= 0.6 is 45.9 Å². The van der Waals surface area contributed by atoms with Gasteiger partial charge in [0.05, 0.1) is 5.51 Å². The molecule has 0 unspecified atom stereocenters. The normalized spacial score (nSPS) is 14.1. The molecule has 1 amide bonds. The standard InChI is InChI=1S/C27H21Cl2N3O3S2/c1-32-9-8-18(21(12-32)19-7-4-16(28)10-22(19)29)20-11-24(37-25(20)27(34)35)15-2-5-17(6-3-15)31-26(33)23-13-36-14-30-23/h2-7,10-11,13-14H,8-9,12H2,1H3,(H,31,33)(H,34,35). The number of carboxylic acids is 1. The topological polar surface area (TPSA) is 82.5 Å². The molecule has 0 saturated heterocycles. The first-order chi connectivity index (χ1) is 17.8. The molecule has 0 spiro atoms. The maximum atomic E-state index is 12.3. The van der Waals surface area contributed by atoms with Crippen molar-refractivity contribution in [3.05, 3.63) is 91.2 Å². The van der Waals surface area contributed by atoms with Crippen molar-refractivity contribution in [3.8, 4) is 10.4 Å². The molecule has 0 radical (unpaired) electrons. The van der Waals surface area contributed by atoms with Crippen molar-refractivity contribution in [3.63, 3.8) is 0 Å². The van der Waals surface area contributed by atoms with Gasteiger partial charge in [0, 0.05) is 44.6 Å². The monoisotopic (exact) mass is 569 g/mol. The zero-order chi connectivity index (χ0) is 26.1. The zero-order valence-corrected chi connectivity index (χ0v) is 22.8. The average Bonchev–Trinajstić information content (AvgIpc) is 3.56. The lowest BCUT2D eigenvalue weighted by atomic mass is 9.89. The number of rotatable bonds is 6. The molecule has 5 rings (SSSR count). The Balaban J connectivity index is 1.52. The number of aromatic carboxylic acids is 1. The molecule has 4 aromatic rings. The second kappa shape index (κ2) is 10.8. The lowest BCUT2D eigenvalue weighted by Gasteiger charge is -2.29. The lowest BCUT2D eigenvalue weighted by molar-refractivity contribution is 0.0701. The number of carbonyl (C=O) groups excluding carboxylic acids is 1. The lowest BCUT2D eigenvalue weighted by Crippen LogP contribution is -2.27. The van der Waals surface area contributed by atoms with Crippen LogP contribution in [-0.2, 0) is 0 Å². The highest BCUT2D eigenvalue weighted by molar-refractivity contribution is 7.17. The SMILES string of the molecule is CN1CCC(c2cc(-c3ccc(NC(=O)c4cscn4)cc3)sc2C(=O)O)=C(c2ccc(Cl)cc2Cl)C1. The number of anilines is 1. The van der Waals surface area contributed by atoms with Gasteiger partial charge in [0.2, 0.25) is 0 Å². The summed E-state index contributed by atoms with van der Waals surface area (Å²) in [6.07, 6.45) is 0.697. The summed E-state index contributed by atoms with van der Waals surface area (Å²) in [5.74, 6) is -1.24. The van der Waals surface area contributed by atoms with Crippen molar-refractivity contribution in [2.24, 2.45) is 0 Å². The van der Waals surface area contributed by atoms with Gasteiger partial charge in [0.15, 0.2) is 0 Å². The van der Waals surface area contributed by atoms with E-state index in [9.17, 15) is 14.7 Å². The van der Waals surface area contributed by atoms with Crippen molar-refractivity contribution in [2.75, 3.05) is 25.5 Å². The first-order valence-corrected chi connectivity index (χ1v) is 13.8. The van der Waals surface area contributed by atoms with Crippen LogP contribution in [0.25, 0.3) is 21.6 Å². The Kier molecular flexibility index (Phi) is 7.46. The van der Waals surface area contributed by atoms with Crippen LogP contribution in [0.1, 0.15) is 37.7 Å². The fourth-order valence-electron chi connectivity index (χ4n) is 4.33. The minimum atomic E-state index is -0.966. The van der Waals surface area contributed by atoms with Gasteiger partial charge in [-0.05, 0) is 66.1 Å². The summed E-state index contributed by atoms with van der Waals surface area (Å²) in [4.78, 5) is 31.9. The van der Waals surface area contributed by atoms with Gasteiger partial charge in [0.1, 0.15) is 10.6 Å². The number of thiazole rings is 1. The molecule has 6 nitrogen and oxygen atoms in total. The molecule has 1 aliphatic rings. The number of thiophene rings is 1. The molecule has 0 atom stereocenters. The smallest absolute Gasteiger partial charge is 0.346 e. The fourth-order valence-corrected chi connectivity index (χ4v) is 6.42. The van der Waals surface area contributed by atoms with E-state index in [-0.39, 0.29) is 10.8 Å². The van der Waals surface area contributed by atoms with E-state index in [2.05, 4.69) is 15.2 Å². The van der Waals surface area contributed by atoms with Crippen LogP contribution in [0.4, 0.5) is 5.69 Å². The van der Waals surface area contributed by atoms with E-state index in [1.165, 1.54) is 22.7 Å². The van der Waals surface area contributed by atoms with E-state index >= 15 is 0 Å². The first kappa shape index (κ1) is 25.6. The third-order valence-corrected chi connectivity index (χ3v) is 8.44. The van der Waals surface area contributed by atoms with Crippen molar-refractivity contribution >= 4 is 74.6 Å². The predicted octanol–water partition coefficient (Wildman–Crippen LogP) is 7.38. The highest BCUT2D eigenvalue weighted by atomic mass is 35.5. The number of amides is 1. The zero-order valence-electron chi connectivity index (χ0n) is 19.6. The Labute approximate surface area is 231 Å². The average molecular weight is 571 g/mol. The van der Waals surface area contributed by atoms with Gasteiger partial charge >= 0.3 is 5.97 Å². The predicted molar refractivity (Wildman–Crippen MR) is 152 cm³/mol. The Morgan fingerprint density at radius 1 is 1.05 bits per heavy atom. The van der Waals surface area contributed by atoms with E-state index in [0.717, 1.165) is 33.7 Å². The molecule has 2 aromatic carbocycles.